The zero-order valence-electron chi connectivity index (χ0n) is 16.6. The smallest absolute Gasteiger partial charge is 0.199 e. The third-order valence-electron chi connectivity index (χ3n) is 4.50. The molecule has 0 radical (unpaired) electrons. The lowest BCUT2D eigenvalue weighted by Gasteiger charge is -2.25. The number of rotatable bonds is 4. The van der Waals surface area contributed by atoms with E-state index in [1.165, 1.54) is 24.3 Å². The number of aryl methyl sites for hydroxylation is 2. The highest BCUT2D eigenvalue weighted by atomic mass is 35.5. The van der Waals surface area contributed by atoms with Crippen molar-refractivity contribution < 1.29 is 16.8 Å². The van der Waals surface area contributed by atoms with Gasteiger partial charge in [-0.1, -0.05) is 58.6 Å². The van der Waals surface area contributed by atoms with Crippen LogP contribution in [0.15, 0.2) is 77.2 Å². The molecule has 2 aromatic rings. The maximum atomic E-state index is 12.7. The standard InChI is InChI=1S/C20H16Cl4N2O4S2/c1-11-3-7-13(8-4-11)31(27,28)25-19-15(21)17(23)20(18(24)16(19)22)26-32(29,30)14-9-5-12(2)6-10-14/h3-10,15,17H,1-2H3/b25-19-,26-20-. The average Bonchev–Trinajstić information content (AvgIpc) is 2.73. The summed E-state index contributed by atoms with van der Waals surface area (Å²) in [6, 6.07) is 12.0. The van der Waals surface area contributed by atoms with Gasteiger partial charge in [0, 0.05) is 0 Å². The van der Waals surface area contributed by atoms with Crippen LogP contribution in [0.5, 0.6) is 0 Å². The number of halogens is 4. The molecule has 0 saturated heterocycles. The summed E-state index contributed by atoms with van der Waals surface area (Å²) < 4.78 is 58.2. The monoisotopic (exact) mass is 552 g/mol. The summed E-state index contributed by atoms with van der Waals surface area (Å²) in [4.78, 5) is -0.153. The lowest BCUT2D eigenvalue weighted by Crippen LogP contribution is -2.38. The average molecular weight is 554 g/mol. The van der Waals surface area contributed by atoms with Crippen LogP contribution in [-0.2, 0) is 20.0 Å². The van der Waals surface area contributed by atoms with Crippen LogP contribution in [0.3, 0.4) is 0 Å². The van der Waals surface area contributed by atoms with Crippen molar-refractivity contribution in [1.29, 1.82) is 0 Å². The molecule has 1 aliphatic carbocycles. The van der Waals surface area contributed by atoms with Gasteiger partial charge in [-0.25, -0.2) is 0 Å². The molecule has 170 valence electrons. The highest BCUT2D eigenvalue weighted by Gasteiger charge is 2.39. The zero-order valence-corrected chi connectivity index (χ0v) is 21.3. The maximum Gasteiger partial charge on any atom is 0.282 e. The molecule has 6 nitrogen and oxygen atoms in total. The van der Waals surface area contributed by atoms with Gasteiger partial charge in [-0.3, -0.25) is 0 Å². The van der Waals surface area contributed by atoms with Crippen molar-refractivity contribution in [2.75, 3.05) is 0 Å². The van der Waals surface area contributed by atoms with Crippen LogP contribution in [-0.4, -0.2) is 39.0 Å². The second kappa shape index (κ2) is 9.44. The first-order valence-electron chi connectivity index (χ1n) is 9.01. The molecule has 0 amide bonds. The summed E-state index contributed by atoms with van der Waals surface area (Å²) in [7, 11) is -8.36. The van der Waals surface area contributed by atoms with Gasteiger partial charge in [0.1, 0.15) is 10.8 Å². The van der Waals surface area contributed by atoms with Crippen molar-refractivity contribution in [2.45, 2.75) is 34.4 Å². The van der Waals surface area contributed by atoms with Crippen molar-refractivity contribution in [3.05, 3.63) is 69.7 Å². The second-order valence-corrected chi connectivity index (χ2v) is 11.9. The number of allylic oxidation sites excluding steroid dienone is 2. The van der Waals surface area contributed by atoms with E-state index in [4.69, 9.17) is 46.4 Å². The lowest BCUT2D eigenvalue weighted by atomic mass is 10.0. The Labute approximate surface area is 206 Å². The second-order valence-electron chi connectivity index (χ2n) is 6.96. The molecule has 1 aliphatic rings. The molecular weight excluding hydrogens is 538 g/mol. The largest absolute Gasteiger partial charge is 0.282 e. The fourth-order valence-electron chi connectivity index (χ4n) is 2.71. The van der Waals surface area contributed by atoms with Crippen molar-refractivity contribution >= 4 is 77.9 Å². The van der Waals surface area contributed by atoms with Crippen LogP contribution in [0.25, 0.3) is 0 Å². The van der Waals surface area contributed by atoms with Gasteiger partial charge in [0.05, 0.1) is 31.3 Å². The van der Waals surface area contributed by atoms with Crippen LogP contribution < -0.4 is 0 Å². The van der Waals surface area contributed by atoms with Crippen LogP contribution in [0, 0.1) is 13.8 Å². The van der Waals surface area contributed by atoms with Crippen LogP contribution in [0.2, 0.25) is 0 Å². The fourth-order valence-corrected chi connectivity index (χ4v) is 6.20. The summed E-state index contributed by atoms with van der Waals surface area (Å²) in [5.74, 6) is 0. The number of alkyl halides is 2. The normalized spacial score (nSPS) is 22.6. The SMILES string of the molecule is Cc1ccc(S(=O)(=O)/N=C2C(Cl)=C(Cl)/C(=N\S(=O)(=O)c3ccc(C)cc3)C(Cl)C\2Cl)cc1. The first-order chi connectivity index (χ1) is 14.8. The quantitative estimate of drug-likeness (QED) is 0.487. The van der Waals surface area contributed by atoms with Crippen LogP contribution in [0.1, 0.15) is 11.1 Å². The number of nitrogens with zero attached hydrogens (tertiary/aromatic N) is 2. The molecule has 12 heteroatoms. The molecule has 0 fully saturated rings. The first kappa shape index (κ1) is 25.2. The Kier molecular flexibility index (Phi) is 7.44. The minimum absolute atomic E-state index is 0.0763. The van der Waals surface area contributed by atoms with E-state index in [1.807, 2.05) is 0 Å². The molecule has 0 N–H and O–H groups in total. The molecule has 0 aliphatic heterocycles. The van der Waals surface area contributed by atoms with E-state index in [2.05, 4.69) is 8.80 Å². The van der Waals surface area contributed by atoms with E-state index in [9.17, 15) is 16.8 Å². The summed E-state index contributed by atoms with van der Waals surface area (Å²) >= 11 is 25.1. The summed E-state index contributed by atoms with van der Waals surface area (Å²) in [5, 5.41) is -3.31. The van der Waals surface area contributed by atoms with E-state index in [1.54, 1.807) is 38.1 Å². The van der Waals surface area contributed by atoms with Crippen molar-refractivity contribution in [3.63, 3.8) is 0 Å². The first-order valence-corrected chi connectivity index (χ1v) is 13.5. The molecule has 32 heavy (non-hydrogen) atoms. The summed E-state index contributed by atoms with van der Waals surface area (Å²) in [6.07, 6.45) is 0. The van der Waals surface area contributed by atoms with Gasteiger partial charge in [0.25, 0.3) is 20.0 Å². The van der Waals surface area contributed by atoms with Gasteiger partial charge >= 0.3 is 0 Å². The number of sulfonamides is 2. The Morgan fingerprint density at radius 3 is 1.19 bits per heavy atom. The summed E-state index contributed by atoms with van der Waals surface area (Å²) in [5.41, 5.74) is 1.13. The molecule has 2 atom stereocenters. The van der Waals surface area contributed by atoms with Gasteiger partial charge in [-0.15, -0.1) is 23.2 Å². The Morgan fingerprint density at radius 1 is 0.625 bits per heavy atom. The number of hydrogen-bond donors (Lipinski definition) is 0. The number of benzene rings is 2. The minimum Gasteiger partial charge on any atom is -0.199 e. The molecule has 0 aromatic heterocycles. The maximum absolute atomic E-state index is 12.7. The highest BCUT2D eigenvalue weighted by Crippen LogP contribution is 2.35. The predicted octanol–water partition coefficient (Wildman–Crippen LogP) is 5.18. The van der Waals surface area contributed by atoms with E-state index >= 15 is 0 Å². The van der Waals surface area contributed by atoms with E-state index in [0.717, 1.165) is 11.1 Å². The minimum atomic E-state index is -4.18. The molecule has 0 spiro atoms. The van der Waals surface area contributed by atoms with Crippen molar-refractivity contribution in [1.82, 2.24) is 0 Å². The topological polar surface area (TPSA) is 93.0 Å². The Balaban J connectivity index is 2.09. The molecule has 2 unspecified atom stereocenters. The molecule has 2 aromatic carbocycles. The van der Waals surface area contributed by atoms with E-state index in [0.29, 0.717) is 0 Å². The van der Waals surface area contributed by atoms with Gasteiger partial charge in [-0.05, 0) is 38.1 Å². The van der Waals surface area contributed by atoms with Gasteiger partial charge < -0.3 is 0 Å². The van der Waals surface area contributed by atoms with Crippen LogP contribution >= 0.6 is 46.4 Å². The van der Waals surface area contributed by atoms with Gasteiger partial charge in [-0.2, -0.15) is 25.6 Å². The molecule has 0 bridgehead atoms. The Hall–Kier alpha value is -1.42. The summed E-state index contributed by atoms with van der Waals surface area (Å²) in [6.45, 7) is 3.61. The third-order valence-corrected chi connectivity index (χ3v) is 9.01. The lowest BCUT2D eigenvalue weighted by molar-refractivity contribution is 0.596. The van der Waals surface area contributed by atoms with Crippen molar-refractivity contribution in [2.24, 2.45) is 8.80 Å². The molecular formula is C20H16Cl4N2O4S2. The Bertz CT molecular complexity index is 1240. The van der Waals surface area contributed by atoms with E-state index in [-0.39, 0.29) is 31.3 Å². The fraction of sp³-hybridized carbons (Fsp3) is 0.200. The zero-order chi connectivity index (χ0) is 23.8. The molecule has 0 heterocycles. The molecule has 3 rings (SSSR count). The number of hydrogen-bond acceptors (Lipinski definition) is 4. The highest BCUT2D eigenvalue weighted by molar-refractivity contribution is 7.90. The third kappa shape index (κ3) is 5.21. The van der Waals surface area contributed by atoms with Gasteiger partial charge in [0.15, 0.2) is 0 Å². The Morgan fingerprint density at radius 2 is 0.906 bits per heavy atom. The van der Waals surface area contributed by atoms with E-state index < -0.39 is 30.8 Å². The molecule has 0 saturated carbocycles. The van der Waals surface area contributed by atoms with Crippen molar-refractivity contribution in [3.8, 4) is 0 Å². The van der Waals surface area contributed by atoms with Gasteiger partial charge in [0.2, 0.25) is 0 Å². The van der Waals surface area contributed by atoms with Crippen LogP contribution in [0.4, 0.5) is 0 Å². The predicted molar refractivity (Wildman–Crippen MR) is 130 cm³/mol.